The van der Waals surface area contributed by atoms with Crippen molar-refractivity contribution in [3.63, 3.8) is 0 Å². The van der Waals surface area contributed by atoms with Gasteiger partial charge in [-0.2, -0.15) is 0 Å². The molecule has 3 nitrogen and oxygen atoms in total. The molecule has 2 unspecified atom stereocenters. The molecule has 0 spiro atoms. The molecule has 88 valence electrons. The predicted molar refractivity (Wildman–Crippen MR) is 67.6 cm³/mol. The number of nitrogen functional groups attached to an aromatic ring is 1. The molecular formula is C13H20N2O. The molecule has 2 atom stereocenters. The first kappa shape index (κ1) is 11.3. The number of aliphatic hydroxyl groups is 1. The first-order chi connectivity index (χ1) is 7.65. The van der Waals surface area contributed by atoms with Gasteiger partial charge < -0.3 is 15.7 Å². The number of para-hydroxylation sites is 1. The summed E-state index contributed by atoms with van der Waals surface area (Å²) in [5.74, 6) is 0.532. The Morgan fingerprint density at radius 1 is 1.50 bits per heavy atom. The second kappa shape index (κ2) is 4.34. The minimum Gasteiger partial charge on any atom is -0.397 e. The molecule has 0 aromatic heterocycles. The van der Waals surface area contributed by atoms with Crippen LogP contribution in [0.3, 0.4) is 0 Å². The van der Waals surface area contributed by atoms with E-state index < -0.39 is 0 Å². The maximum Gasteiger partial charge on any atom is 0.0637 e. The molecule has 1 aliphatic heterocycles. The summed E-state index contributed by atoms with van der Waals surface area (Å²) in [6.45, 7) is 5.40. The number of nitrogens with zero attached hydrogens (tertiary/aromatic N) is 1. The Kier molecular flexibility index (Phi) is 3.06. The maximum absolute atomic E-state index is 9.45. The summed E-state index contributed by atoms with van der Waals surface area (Å²) in [5, 5.41) is 9.45. The number of nitrogens with two attached hydrogens (primary N) is 1. The van der Waals surface area contributed by atoms with Crippen molar-refractivity contribution in [2.75, 3.05) is 23.8 Å². The molecule has 0 saturated carbocycles. The van der Waals surface area contributed by atoms with Gasteiger partial charge in [-0.15, -0.1) is 0 Å². The molecule has 1 aromatic carbocycles. The summed E-state index contributed by atoms with van der Waals surface area (Å²) in [6.07, 6.45) is 1.12. The van der Waals surface area contributed by atoms with E-state index in [2.05, 4.69) is 11.8 Å². The zero-order valence-electron chi connectivity index (χ0n) is 9.98. The van der Waals surface area contributed by atoms with E-state index in [-0.39, 0.29) is 12.6 Å². The van der Waals surface area contributed by atoms with E-state index in [0.717, 1.165) is 29.9 Å². The van der Waals surface area contributed by atoms with Crippen LogP contribution in [-0.2, 0) is 0 Å². The van der Waals surface area contributed by atoms with Crippen LogP contribution in [0.25, 0.3) is 0 Å². The number of aryl methyl sites for hydroxylation is 1. The van der Waals surface area contributed by atoms with Gasteiger partial charge in [-0.3, -0.25) is 0 Å². The minimum absolute atomic E-state index is 0.203. The van der Waals surface area contributed by atoms with Gasteiger partial charge in [0.1, 0.15) is 0 Å². The van der Waals surface area contributed by atoms with E-state index in [9.17, 15) is 5.11 Å². The van der Waals surface area contributed by atoms with Crippen molar-refractivity contribution in [2.24, 2.45) is 5.92 Å². The lowest BCUT2D eigenvalue weighted by Crippen LogP contribution is -2.35. The van der Waals surface area contributed by atoms with Gasteiger partial charge in [0.2, 0.25) is 0 Å². The van der Waals surface area contributed by atoms with Crippen molar-refractivity contribution in [2.45, 2.75) is 26.3 Å². The van der Waals surface area contributed by atoms with Crippen molar-refractivity contribution < 1.29 is 5.11 Å². The van der Waals surface area contributed by atoms with Crippen LogP contribution in [0, 0.1) is 12.8 Å². The lowest BCUT2D eigenvalue weighted by molar-refractivity contribution is 0.245. The van der Waals surface area contributed by atoms with Gasteiger partial charge in [0.05, 0.1) is 24.0 Å². The van der Waals surface area contributed by atoms with Crippen molar-refractivity contribution >= 4 is 11.4 Å². The fraction of sp³-hybridized carbons (Fsp3) is 0.538. The predicted octanol–water partition coefficient (Wildman–Crippen LogP) is 1.78. The summed E-state index contributed by atoms with van der Waals surface area (Å²) in [5.41, 5.74) is 9.12. The largest absolute Gasteiger partial charge is 0.397 e. The standard InChI is InChI=1S/C13H20N2O/c1-9-6-7-15(12(9)8-16)11-5-3-4-10(2)13(11)14/h3-5,9,12,16H,6-8,14H2,1-2H3. The minimum atomic E-state index is 0.203. The highest BCUT2D eigenvalue weighted by molar-refractivity contribution is 5.71. The van der Waals surface area contributed by atoms with Crippen molar-refractivity contribution in [3.8, 4) is 0 Å². The van der Waals surface area contributed by atoms with Gasteiger partial charge in [0, 0.05) is 6.54 Å². The van der Waals surface area contributed by atoms with Gasteiger partial charge in [0.15, 0.2) is 0 Å². The molecule has 3 N–H and O–H groups in total. The van der Waals surface area contributed by atoms with E-state index in [1.165, 1.54) is 0 Å². The summed E-state index contributed by atoms with van der Waals surface area (Å²) in [7, 11) is 0. The Labute approximate surface area is 96.9 Å². The molecule has 3 heteroatoms. The lowest BCUT2D eigenvalue weighted by Gasteiger charge is -2.28. The quantitative estimate of drug-likeness (QED) is 0.747. The third-order valence-electron chi connectivity index (χ3n) is 3.68. The van der Waals surface area contributed by atoms with Gasteiger partial charge in [-0.05, 0) is 30.9 Å². The van der Waals surface area contributed by atoms with Crippen molar-refractivity contribution in [1.82, 2.24) is 0 Å². The number of hydrogen-bond acceptors (Lipinski definition) is 3. The summed E-state index contributed by atoms with van der Waals surface area (Å²) in [6, 6.07) is 6.30. The fourth-order valence-electron chi connectivity index (χ4n) is 2.50. The van der Waals surface area contributed by atoms with Crippen LogP contribution in [-0.4, -0.2) is 24.3 Å². The molecule has 0 amide bonds. The molecule has 1 aromatic rings. The summed E-state index contributed by atoms with van der Waals surface area (Å²) >= 11 is 0. The molecule has 0 aliphatic carbocycles. The molecule has 0 radical (unpaired) electrons. The van der Waals surface area contributed by atoms with E-state index in [0.29, 0.717) is 5.92 Å². The van der Waals surface area contributed by atoms with Crippen molar-refractivity contribution in [3.05, 3.63) is 23.8 Å². The van der Waals surface area contributed by atoms with Crippen LogP contribution in [0.4, 0.5) is 11.4 Å². The number of aliphatic hydroxyl groups excluding tert-OH is 1. The average molecular weight is 220 g/mol. The SMILES string of the molecule is Cc1cccc(N2CCC(C)C2CO)c1N. The highest BCUT2D eigenvalue weighted by atomic mass is 16.3. The van der Waals surface area contributed by atoms with Gasteiger partial charge in [-0.25, -0.2) is 0 Å². The molecule has 16 heavy (non-hydrogen) atoms. The van der Waals surface area contributed by atoms with E-state index in [1.807, 2.05) is 25.1 Å². The Morgan fingerprint density at radius 3 is 2.94 bits per heavy atom. The van der Waals surface area contributed by atoms with Crippen molar-refractivity contribution in [1.29, 1.82) is 0 Å². The number of anilines is 2. The second-order valence-corrected chi connectivity index (χ2v) is 4.72. The molecule has 2 rings (SSSR count). The molecule has 1 saturated heterocycles. The zero-order valence-corrected chi connectivity index (χ0v) is 9.98. The first-order valence-corrected chi connectivity index (χ1v) is 5.87. The van der Waals surface area contributed by atoms with Crippen LogP contribution in [0.15, 0.2) is 18.2 Å². The van der Waals surface area contributed by atoms with Crippen LogP contribution < -0.4 is 10.6 Å². The molecular weight excluding hydrogens is 200 g/mol. The van der Waals surface area contributed by atoms with Crippen LogP contribution in [0.1, 0.15) is 18.9 Å². The average Bonchev–Trinajstić information content (AvgIpc) is 2.63. The summed E-state index contributed by atoms with van der Waals surface area (Å²) < 4.78 is 0. The van der Waals surface area contributed by atoms with E-state index >= 15 is 0 Å². The third-order valence-corrected chi connectivity index (χ3v) is 3.68. The van der Waals surface area contributed by atoms with Crippen LogP contribution >= 0.6 is 0 Å². The summed E-state index contributed by atoms with van der Waals surface area (Å²) in [4.78, 5) is 2.24. The normalized spacial score (nSPS) is 25.1. The third kappa shape index (κ3) is 1.76. The molecule has 0 bridgehead atoms. The number of benzene rings is 1. The van der Waals surface area contributed by atoms with E-state index in [4.69, 9.17) is 5.73 Å². The van der Waals surface area contributed by atoms with Gasteiger partial charge in [0.25, 0.3) is 0 Å². The Bertz CT molecular complexity index is 378. The monoisotopic (exact) mass is 220 g/mol. The molecule has 1 aliphatic rings. The molecule has 1 heterocycles. The van der Waals surface area contributed by atoms with E-state index in [1.54, 1.807) is 0 Å². The van der Waals surface area contributed by atoms with Gasteiger partial charge >= 0.3 is 0 Å². The lowest BCUT2D eigenvalue weighted by atomic mass is 10.0. The number of hydrogen-bond donors (Lipinski definition) is 2. The first-order valence-electron chi connectivity index (χ1n) is 5.87. The molecule has 1 fully saturated rings. The zero-order chi connectivity index (χ0) is 11.7. The van der Waals surface area contributed by atoms with Crippen LogP contribution in [0.5, 0.6) is 0 Å². The Balaban J connectivity index is 2.34. The topological polar surface area (TPSA) is 49.5 Å². The van der Waals surface area contributed by atoms with Crippen LogP contribution in [0.2, 0.25) is 0 Å². The van der Waals surface area contributed by atoms with Gasteiger partial charge in [-0.1, -0.05) is 19.1 Å². The Hall–Kier alpha value is -1.22. The highest BCUT2D eigenvalue weighted by Gasteiger charge is 2.31. The smallest absolute Gasteiger partial charge is 0.0637 e. The fourth-order valence-corrected chi connectivity index (χ4v) is 2.50. The Morgan fingerprint density at radius 2 is 2.25 bits per heavy atom. The maximum atomic E-state index is 9.45. The highest BCUT2D eigenvalue weighted by Crippen LogP contribution is 2.34. The second-order valence-electron chi connectivity index (χ2n) is 4.72. The number of rotatable bonds is 2.